The second kappa shape index (κ2) is 6.68. The third-order valence-electron chi connectivity index (χ3n) is 3.01. The first-order valence-electron chi connectivity index (χ1n) is 6.86. The Balaban J connectivity index is 1.81. The van der Waals surface area contributed by atoms with Crippen molar-refractivity contribution in [3.8, 4) is 0 Å². The zero-order chi connectivity index (χ0) is 13.7. The maximum atomic E-state index is 5.57. The molecule has 0 radical (unpaired) electrons. The molecule has 4 N–H and O–H groups in total. The average Bonchev–Trinajstić information content (AvgIpc) is 3.22. The maximum Gasteiger partial charge on any atom is 0.145 e. The molecule has 0 aromatic carbocycles. The van der Waals surface area contributed by atoms with Crippen molar-refractivity contribution in [1.82, 2.24) is 9.97 Å². The Morgan fingerprint density at radius 3 is 2.74 bits per heavy atom. The summed E-state index contributed by atoms with van der Waals surface area (Å²) in [5, 5.41) is 3.24. The van der Waals surface area contributed by atoms with E-state index in [-0.39, 0.29) is 5.92 Å². The normalized spacial score (nSPS) is 14.7. The Labute approximate surface area is 114 Å². The Morgan fingerprint density at radius 1 is 1.37 bits per heavy atom. The van der Waals surface area contributed by atoms with E-state index >= 15 is 0 Å². The fraction of sp³-hybridized carbons (Fsp3) is 0.692. The lowest BCUT2D eigenvalue weighted by Crippen LogP contribution is -2.15. The van der Waals surface area contributed by atoms with Crippen LogP contribution in [0.3, 0.4) is 0 Å². The number of rotatable bonds is 8. The minimum absolute atomic E-state index is 0.264. The molecular weight excluding hydrogens is 242 g/mol. The van der Waals surface area contributed by atoms with Crippen molar-refractivity contribution in [3.63, 3.8) is 0 Å². The summed E-state index contributed by atoms with van der Waals surface area (Å²) in [5.41, 5.74) is 2.57. The van der Waals surface area contributed by atoms with Crippen LogP contribution >= 0.6 is 0 Å². The van der Waals surface area contributed by atoms with Gasteiger partial charge in [-0.1, -0.05) is 13.8 Å². The van der Waals surface area contributed by atoms with Gasteiger partial charge in [0.15, 0.2) is 0 Å². The predicted octanol–water partition coefficient (Wildman–Crippen LogP) is 1.72. The lowest BCUT2D eigenvalue weighted by atomic mass is 10.2. The lowest BCUT2D eigenvalue weighted by molar-refractivity contribution is 0.134. The van der Waals surface area contributed by atoms with Crippen LogP contribution in [0.4, 0.5) is 11.6 Å². The van der Waals surface area contributed by atoms with E-state index in [2.05, 4.69) is 34.6 Å². The topological polar surface area (TPSA) is 85.1 Å². The summed E-state index contributed by atoms with van der Waals surface area (Å²) >= 11 is 0. The largest absolute Gasteiger partial charge is 0.379 e. The Hall–Kier alpha value is -1.40. The van der Waals surface area contributed by atoms with E-state index in [1.165, 1.54) is 12.8 Å². The number of ether oxygens (including phenoxy) is 1. The molecule has 1 aliphatic carbocycles. The number of hydrogen-bond donors (Lipinski definition) is 3. The van der Waals surface area contributed by atoms with Crippen molar-refractivity contribution in [1.29, 1.82) is 0 Å². The van der Waals surface area contributed by atoms with Gasteiger partial charge >= 0.3 is 0 Å². The molecule has 0 unspecified atom stereocenters. The average molecular weight is 265 g/mol. The molecule has 106 valence electrons. The van der Waals surface area contributed by atoms with Crippen molar-refractivity contribution < 1.29 is 4.74 Å². The van der Waals surface area contributed by atoms with Crippen LogP contribution in [0.15, 0.2) is 6.07 Å². The van der Waals surface area contributed by atoms with Crippen molar-refractivity contribution in [3.05, 3.63) is 11.9 Å². The van der Waals surface area contributed by atoms with E-state index < -0.39 is 0 Å². The summed E-state index contributed by atoms with van der Waals surface area (Å²) in [6, 6.07) is 1.80. The van der Waals surface area contributed by atoms with Crippen LogP contribution in [0.1, 0.15) is 38.4 Å². The summed E-state index contributed by atoms with van der Waals surface area (Å²) in [5.74, 6) is 8.66. The van der Waals surface area contributed by atoms with Gasteiger partial charge in [-0.15, -0.1) is 0 Å². The molecule has 1 saturated carbocycles. The third kappa shape index (κ3) is 4.65. The van der Waals surface area contributed by atoms with Gasteiger partial charge < -0.3 is 15.5 Å². The first-order valence-corrected chi connectivity index (χ1v) is 6.86. The van der Waals surface area contributed by atoms with E-state index in [0.717, 1.165) is 30.7 Å². The van der Waals surface area contributed by atoms with Gasteiger partial charge in [0.2, 0.25) is 0 Å². The quantitative estimate of drug-likeness (QED) is 0.377. The van der Waals surface area contributed by atoms with Crippen molar-refractivity contribution in [2.75, 3.05) is 30.5 Å². The second-order valence-corrected chi connectivity index (χ2v) is 5.24. The molecule has 1 aromatic heterocycles. The number of nitrogen functional groups attached to an aromatic ring is 1. The monoisotopic (exact) mass is 265 g/mol. The molecule has 0 saturated heterocycles. The molecule has 0 aliphatic heterocycles. The summed E-state index contributed by atoms with van der Waals surface area (Å²) in [7, 11) is 0. The molecule has 2 rings (SSSR count). The van der Waals surface area contributed by atoms with E-state index in [0.29, 0.717) is 12.4 Å². The van der Waals surface area contributed by atoms with Crippen LogP contribution in [-0.4, -0.2) is 29.7 Å². The first-order chi connectivity index (χ1) is 9.19. The van der Waals surface area contributed by atoms with Gasteiger partial charge in [0.25, 0.3) is 0 Å². The number of nitrogens with two attached hydrogens (primary N) is 1. The molecule has 0 spiro atoms. The molecular formula is C13H23N5O. The van der Waals surface area contributed by atoms with Crippen molar-refractivity contribution in [2.24, 2.45) is 11.8 Å². The van der Waals surface area contributed by atoms with Crippen molar-refractivity contribution >= 4 is 11.6 Å². The van der Waals surface area contributed by atoms with Crippen molar-refractivity contribution in [2.45, 2.75) is 32.6 Å². The second-order valence-electron chi connectivity index (χ2n) is 5.24. The number of anilines is 2. The minimum Gasteiger partial charge on any atom is -0.379 e. The van der Waals surface area contributed by atoms with E-state index in [1.807, 2.05) is 0 Å². The third-order valence-corrected chi connectivity index (χ3v) is 3.01. The molecule has 1 heterocycles. The molecule has 6 heteroatoms. The highest BCUT2D eigenvalue weighted by atomic mass is 16.5. The van der Waals surface area contributed by atoms with Gasteiger partial charge in [-0.2, -0.15) is 0 Å². The smallest absolute Gasteiger partial charge is 0.145 e. The van der Waals surface area contributed by atoms with Crippen LogP contribution in [0, 0.1) is 5.92 Å². The highest BCUT2D eigenvalue weighted by molar-refractivity contribution is 5.47. The zero-order valence-corrected chi connectivity index (χ0v) is 11.6. The Bertz CT molecular complexity index is 406. The van der Waals surface area contributed by atoms with Crippen LogP contribution in [0.5, 0.6) is 0 Å². The molecule has 0 amide bonds. The minimum atomic E-state index is 0.264. The van der Waals surface area contributed by atoms with Crippen LogP contribution in [-0.2, 0) is 4.74 Å². The highest BCUT2D eigenvalue weighted by Gasteiger charge is 2.20. The van der Waals surface area contributed by atoms with E-state index in [9.17, 15) is 0 Å². The SMILES string of the molecule is CC(C)c1nc(NN)cc(NCCOCC2CC2)n1. The van der Waals surface area contributed by atoms with Crippen LogP contribution < -0.4 is 16.6 Å². The van der Waals surface area contributed by atoms with Gasteiger partial charge in [0, 0.05) is 25.1 Å². The Kier molecular flexibility index (Phi) is 4.93. The molecule has 6 nitrogen and oxygen atoms in total. The molecule has 19 heavy (non-hydrogen) atoms. The first kappa shape index (κ1) is 14.0. The number of nitrogens with zero attached hydrogens (tertiary/aromatic N) is 2. The van der Waals surface area contributed by atoms with Gasteiger partial charge in [-0.3, -0.25) is 0 Å². The highest BCUT2D eigenvalue weighted by Crippen LogP contribution is 2.28. The van der Waals surface area contributed by atoms with Crippen LogP contribution in [0.2, 0.25) is 0 Å². The molecule has 0 atom stereocenters. The fourth-order valence-corrected chi connectivity index (χ4v) is 1.67. The molecule has 1 aromatic rings. The Morgan fingerprint density at radius 2 is 2.11 bits per heavy atom. The van der Waals surface area contributed by atoms with Gasteiger partial charge in [-0.25, -0.2) is 15.8 Å². The summed E-state index contributed by atoms with van der Waals surface area (Å²) in [6.07, 6.45) is 2.64. The van der Waals surface area contributed by atoms with Gasteiger partial charge in [0.05, 0.1) is 6.61 Å². The zero-order valence-electron chi connectivity index (χ0n) is 11.6. The van der Waals surface area contributed by atoms with Crippen LogP contribution in [0.25, 0.3) is 0 Å². The number of nitrogens with one attached hydrogen (secondary N) is 2. The maximum absolute atomic E-state index is 5.57. The summed E-state index contributed by atoms with van der Waals surface area (Å²) in [6.45, 7) is 6.43. The molecule has 0 bridgehead atoms. The summed E-state index contributed by atoms with van der Waals surface area (Å²) < 4.78 is 5.57. The van der Waals surface area contributed by atoms with E-state index in [4.69, 9.17) is 10.6 Å². The number of aromatic nitrogens is 2. The fourth-order valence-electron chi connectivity index (χ4n) is 1.67. The molecule has 1 aliphatic rings. The lowest BCUT2D eigenvalue weighted by Gasteiger charge is -2.11. The van der Waals surface area contributed by atoms with Gasteiger partial charge in [-0.05, 0) is 18.8 Å². The number of hydrazine groups is 1. The number of hydrogen-bond acceptors (Lipinski definition) is 6. The van der Waals surface area contributed by atoms with E-state index in [1.54, 1.807) is 6.07 Å². The standard InChI is InChI=1S/C13H23N5O/c1-9(2)13-16-11(7-12(17-13)18-14)15-5-6-19-8-10-3-4-10/h7,9-10H,3-6,8,14H2,1-2H3,(H2,15,16,17,18). The predicted molar refractivity (Wildman–Crippen MR) is 76.0 cm³/mol. The van der Waals surface area contributed by atoms with Gasteiger partial charge in [0.1, 0.15) is 17.5 Å². The summed E-state index contributed by atoms with van der Waals surface area (Å²) in [4.78, 5) is 8.76. The molecule has 1 fully saturated rings.